The molecule has 1 aliphatic carbocycles. The van der Waals surface area contributed by atoms with Gasteiger partial charge in [0.05, 0.1) is 12.5 Å². The van der Waals surface area contributed by atoms with Gasteiger partial charge >= 0.3 is 0 Å². The van der Waals surface area contributed by atoms with E-state index < -0.39 is 0 Å². The van der Waals surface area contributed by atoms with Gasteiger partial charge in [0, 0.05) is 25.6 Å². The Balaban J connectivity index is 2.31. The number of hydrogen-bond donors (Lipinski definition) is 1. The highest BCUT2D eigenvalue weighted by atomic mass is 16.2. The molecule has 0 heterocycles. The zero-order valence-corrected chi connectivity index (χ0v) is 9.28. The smallest absolute Gasteiger partial charge is 0.224 e. The van der Waals surface area contributed by atoms with Gasteiger partial charge in [0.15, 0.2) is 0 Å². The molecular weight excluding hydrogens is 190 g/mol. The van der Waals surface area contributed by atoms with Gasteiger partial charge in [0.2, 0.25) is 5.91 Å². The first kappa shape index (κ1) is 12.0. The number of nitrogens with zero attached hydrogens (tertiary/aromatic N) is 2. The average Bonchev–Trinajstić information content (AvgIpc) is 3.02. The maximum Gasteiger partial charge on any atom is 0.224 e. The molecule has 0 aliphatic heterocycles. The molecule has 84 valence electrons. The molecule has 0 aromatic carbocycles. The van der Waals surface area contributed by atoms with Crippen LogP contribution >= 0.6 is 0 Å². The molecule has 4 nitrogen and oxygen atoms in total. The Kier molecular flexibility index (Phi) is 4.57. The number of rotatable bonds is 6. The molecule has 0 aromatic rings. The Morgan fingerprint density at radius 2 is 2.33 bits per heavy atom. The lowest BCUT2D eigenvalue weighted by molar-refractivity contribution is -0.131. The number of carbonyl (C=O) groups is 1. The summed E-state index contributed by atoms with van der Waals surface area (Å²) < 4.78 is 0. The van der Waals surface area contributed by atoms with Gasteiger partial charge in [0.1, 0.15) is 0 Å². The van der Waals surface area contributed by atoms with Gasteiger partial charge < -0.3 is 10.6 Å². The van der Waals surface area contributed by atoms with Crippen LogP contribution in [0.3, 0.4) is 0 Å². The van der Waals surface area contributed by atoms with Crippen molar-refractivity contribution in [1.82, 2.24) is 4.90 Å². The third-order valence-electron chi connectivity index (χ3n) is 2.87. The SMILES string of the molecule is CCN(CCC#N)C(=O)CC(N)C1CC1. The van der Waals surface area contributed by atoms with Gasteiger partial charge in [-0.05, 0) is 25.7 Å². The number of carbonyl (C=O) groups excluding carboxylic acids is 1. The van der Waals surface area contributed by atoms with Crippen molar-refractivity contribution in [2.75, 3.05) is 13.1 Å². The molecule has 1 saturated carbocycles. The summed E-state index contributed by atoms with van der Waals surface area (Å²) in [6.07, 6.45) is 3.17. The van der Waals surface area contributed by atoms with E-state index in [9.17, 15) is 4.79 Å². The van der Waals surface area contributed by atoms with Crippen LogP contribution in [-0.2, 0) is 4.79 Å². The normalized spacial score (nSPS) is 16.9. The molecule has 0 radical (unpaired) electrons. The molecule has 1 rings (SSSR count). The van der Waals surface area contributed by atoms with Crippen LogP contribution in [0.1, 0.15) is 32.6 Å². The Morgan fingerprint density at radius 1 is 1.67 bits per heavy atom. The lowest BCUT2D eigenvalue weighted by Crippen LogP contribution is -2.37. The fourth-order valence-electron chi connectivity index (χ4n) is 1.67. The summed E-state index contributed by atoms with van der Waals surface area (Å²) in [6, 6.07) is 2.07. The summed E-state index contributed by atoms with van der Waals surface area (Å²) in [6.45, 7) is 3.12. The van der Waals surface area contributed by atoms with Crippen molar-refractivity contribution in [3.05, 3.63) is 0 Å². The maximum absolute atomic E-state index is 11.8. The van der Waals surface area contributed by atoms with Crippen LogP contribution in [0.2, 0.25) is 0 Å². The van der Waals surface area contributed by atoms with Crippen molar-refractivity contribution < 1.29 is 4.79 Å². The van der Waals surface area contributed by atoms with Crippen molar-refractivity contribution in [1.29, 1.82) is 5.26 Å². The summed E-state index contributed by atoms with van der Waals surface area (Å²) in [5, 5.41) is 8.46. The summed E-state index contributed by atoms with van der Waals surface area (Å²) in [5.41, 5.74) is 5.89. The van der Waals surface area contributed by atoms with Gasteiger partial charge in [-0.15, -0.1) is 0 Å². The zero-order chi connectivity index (χ0) is 11.3. The van der Waals surface area contributed by atoms with Crippen LogP contribution in [0.4, 0.5) is 0 Å². The molecular formula is C11H19N3O. The average molecular weight is 209 g/mol. The van der Waals surface area contributed by atoms with Crippen molar-refractivity contribution in [3.8, 4) is 6.07 Å². The second-order valence-electron chi connectivity index (χ2n) is 4.09. The van der Waals surface area contributed by atoms with E-state index in [1.807, 2.05) is 6.92 Å². The summed E-state index contributed by atoms with van der Waals surface area (Å²) in [4.78, 5) is 13.5. The summed E-state index contributed by atoms with van der Waals surface area (Å²) >= 11 is 0. The van der Waals surface area contributed by atoms with Gasteiger partial charge in [-0.3, -0.25) is 4.79 Å². The Labute approximate surface area is 91.0 Å². The predicted molar refractivity (Wildman–Crippen MR) is 57.8 cm³/mol. The number of hydrogen-bond acceptors (Lipinski definition) is 3. The second-order valence-corrected chi connectivity index (χ2v) is 4.09. The van der Waals surface area contributed by atoms with E-state index in [1.165, 1.54) is 12.8 Å². The maximum atomic E-state index is 11.8. The highest BCUT2D eigenvalue weighted by molar-refractivity contribution is 5.76. The van der Waals surface area contributed by atoms with Gasteiger partial charge in [-0.25, -0.2) is 0 Å². The lowest BCUT2D eigenvalue weighted by Gasteiger charge is -2.21. The summed E-state index contributed by atoms with van der Waals surface area (Å²) in [7, 11) is 0. The fourth-order valence-corrected chi connectivity index (χ4v) is 1.67. The largest absolute Gasteiger partial charge is 0.342 e. The Bertz CT molecular complexity index is 255. The van der Waals surface area contributed by atoms with Gasteiger partial charge in [-0.2, -0.15) is 5.26 Å². The molecule has 0 spiro atoms. The molecule has 15 heavy (non-hydrogen) atoms. The highest BCUT2D eigenvalue weighted by Crippen LogP contribution is 2.32. The topological polar surface area (TPSA) is 70.1 Å². The molecule has 2 N–H and O–H groups in total. The van der Waals surface area contributed by atoms with E-state index in [0.717, 1.165) is 0 Å². The highest BCUT2D eigenvalue weighted by Gasteiger charge is 2.30. The number of amides is 1. The Hall–Kier alpha value is -1.08. The fraction of sp³-hybridized carbons (Fsp3) is 0.818. The van der Waals surface area contributed by atoms with Crippen LogP contribution in [0, 0.1) is 17.2 Å². The monoisotopic (exact) mass is 209 g/mol. The minimum atomic E-state index is 0.0219. The van der Waals surface area contributed by atoms with Crippen LogP contribution in [-0.4, -0.2) is 29.9 Å². The van der Waals surface area contributed by atoms with E-state index in [1.54, 1.807) is 4.90 Å². The standard InChI is InChI=1S/C11H19N3O/c1-2-14(7-3-6-12)11(15)8-10(13)9-4-5-9/h9-10H,2-5,7-8,13H2,1H3. The first-order valence-electron chi connectivity index (χ1n) is 5.59. The molecule has 1 amide bonds. The molecule has 1 atom stereocenters. The van der Waals surface area contributed by atoms with Crippen molar-refractivity contribution in [2.45, 2.75) is 38.6 Å². The number of nitriles is 1. The van der Waals surface area contributed by atoms with Crippen LogP contribution in [0.5, 0.6) is 0 Å². The van der Waals surface area contributed by atoms with E-state index in [4.69, 9.17) is 11.0 Å². The van der Waals surface area contributed by atoms with E-state index >= 15 is 0 Å². The minimum Gasteiger partial charge on any atom is -0.342 e. The number of nitrogens with two attached hydrogens (primary N) is 1. The molecule has 1 unspecified atom stereocenters. The minimum absolute atomic E-state index is 0.0219. The molecule has 0 bridgehead atoms. The van der Waals surface area contributed by atoms with Crippen LogP contribution in [0.15, 0.2) is 0 Å². The van der Waals surface area contributed by atoms with Crippen molar-refractivity contribution >= 4 is 5.91 Å². The third-order valence-corrected chi connectivity index (χ3v) is 2.87. The summed E-state index contributed by atoms with van der Waals surface area (Å²) in [5.74, 6) is 0.649. The van der Waals surface area contributed by atoms with E-state index in [2.05, 4.69) is 6.07 Å². The van der Waals surface area contributed by atoms with E-state index in [0.29, 0.717) is 31.8 Å². The quantitative estimate of drug-likeness (QED) is 0.705. The second kappa shape index (κ2) is 5.72. The molecule has 1 fully saturated rings. The van der Waals surface area contributed by atoms with E-state index in [-0.39, 0.29) is 11.9 Å². The predicted octanol–water partition coefficient (Wildman–Crippen LogP) is 0.876. The first-order valence-corrected chi connectivity index (χ1v) is 5.59. The van der Waals surface area contributed by atoms with Gasteiger partial charge in [-0.1, -0.05) is 0 Å². The Morgan fingerprint density at radius 3 is 2.80 bits per heavy atom. The zero-order valence-electron chi connectivity index (χ0n) is 9.28. The van der Waals surface area contributed by atoms with Crippen molar-refractivity contribution in [2.24, 2.45) is 11.7 Å². The molecule has 1 aliphatic rings. The van der Waals surface area contributed by atoms with Crippen LogP contribution in [0.25, 0.3) is 0 Å². The van der Waals surface area contributed by atoms with Crippen molar-refractivity contribution in [3.63, 3.8) is 0 Å². The van der Waals surface area contributed by atoms with Gasteiger partial charge in [0.25, 0.3) is 0 Å². The third kappa shape index (κ3) is 3.88. The molecule has 0 aromatic heterocycles. The lowest BCUT2D eigenvalue weighted by atomic mass is 10.1. The first-order chi connectivity index (χ1) is 7.19. The van der Waals surface area contributed by atoms with Crippen LogP contribution < -0.4 is 5.73 Å². The molecule has 4 heteroatoms. The molecule has 0 saturated heterocycles.